The average molecular weight is 262 g/mol. The summed E-state index contributed by atoms with van der Waals surface area (Å²) in [6.07, 6.45) is 5.47. The van der Waals surface area contributed by atoms with Crippen LogP contribution >= 0.6 is 0 Å². The molecule has 1 aliphatic rings. The van der Waals surface area contributed by atoms with Gasteiger partial charge >= 0.3 is 0 Å². The first-order valence-electron chi connectivity index (χ1n) is 6.62. The minimum Gasteiger partial charge on any atom is -0.329 e. The van der Waals surface area contributed by atoms with Gasteiger partial charge in [-0.25, -0.2) is 8.42 Å². The molecule has 1 rings (SSSR count). The van der Waals surface area contributed by atoms with Crippen LogP contribution in [-0.4, -0.2) is 50.5 Å². The molecular weight excluding hydrogens is 236 g/mol. The molecule has 17 heavy (non-hydrogen) atoms. The molecule has 1 heterocycles. The summed E-state index contributed by atoms with van der Waals surface area (Å²) in [5.74, 6) is 0.655. The molecule has 0 bridgehead atoms. The fourth-order valence-corrected chi connectivity index (χ4v) is 4.30. The quantitative estimate of drug-likeness (QED) is 0.696. The summed E-state index contributed by atoms with van der Waals surface area (Å²) in [5, 5.41) is 0. The highest BCUT2D eigenvalue weighted by Crippen LogP contribution is 2.20. The van der Waals surface area contributed by atoms with Crippen molar-refractivity contribution in [2.24, 2.45) is 5.73 Å². The molecule has 0 radical (unpaired) electrons. The Labute approximate surface area is 105 Å². The predicted octanol–water partition coefficient (Wildman–Crippen LogP) is 1.01. The zero-order chi connectivity index (χ0) is 12.9. The second-order valence-corrected chi connectivity index (χ2v) is 7.34. The van der Waals surface area contributed by atoms with Crippen LogP contribution in [0.5, 0.6) is 0 Å². The topological polar surface area (TPSA) is 63.4 Å². The lowest BCUT2D eigenvalue weighted by Crippen LogP contribution is -2.44. The molecule has 1 saturated heterocycles. The van der Waals surface area contributed by atoms with Crippen LogP contribution in [0, 0.1) is 0 Å². The minimum atomic E-state index is -2.79. The molecule has 0 aromatic heterocycles. The first-order valence-corrected chi connectivity index (χ1v) is 8.44. The van der Waals surface area contributed by atoms with Crippen molar-refractivity contribution in [1.82, 2.24) is 4.90 Å². The van der Waals surface area contributed by atoms with E-state index in [1.807, 2.05) is 7.05 Å². The van der Waals surface area contributed by atoms with E-state index in [4.69, 9.17) is 5.73 Å². The van der Waals surface area contributed by atoms with Crippen LogP contribution in [0.1, 0.15) is 39.0 Å². The van der Waals surface area contributed by atoms with E-state index < -0.39 is 9.84 Å². The van der Waals surface area contributed by atoms with E-state index in [-0.39, 0.29) is 6.04 Å². The Hall–Kier alpha value is -0.130. The molecule has 5 heteroatoms. The van der Waals surface area contributed by atoms with Crippen LogP contribution in [0.4, 0.5) is 0 Å². The Morgan fingerprint density at radius 3 is 2.59 bits per heavy atom. The SMILES string of the molecule is CCCCCC(CN)N(C)C1CCS(=O)(=O)C1. The zero-order valence-corrected chi connectivity index (χ0v) is 11.9. The van der Waals surface area contributed by atoms with Gasteiger partial charge in [0, 0.05) is 18.6 Å². The van der Waals surface area contributed by atoms with Crippen molar-refractivity contribution in [3.05, 3.63) is 0 Å². The maximum atomic E-state index is 11.5. The second-order valence-electron chi connectivity index (χ2n) is 5.11. The predicted molar refractivity (Wildman–Crippen MR) is 71.8 cm³/mol. The van der Waals surface area contributed by atoms with E-state index in [1.54, 1.807) is 0 Å². The fourth-order valence-electron chi connectivity index (χ4n) is 2.51. The molecule has 2 unspecified atom stereocenters. The van der Waals surface area contributed by atoms with Crippen LogP contribution < -0.4 is 5.73 Å². The highest BCUT2D eigenvalue weighted by atomic mass is 32.2. The molecule has 0 saturated carbocycles. The summed E-state index contributed by atoms with van der Waals surface area (Å²) in [6.45, 7) is 2.81. The average Bonchev–Trinajstić information content (AvgIpc) is 2.64. The van der Waals surface area contributed by atoms with Gasteiger partial charge in [-0.05, 0) is 19.9 Å². The van der Waals surface area contributed by atoms with Crippen molar-refractivity contribution >= 4 is 9.84 Å². The Morgan fingerprint density at radius 2 is 2.12 bits per heavy atom. The van der Waals surface area contributed by atoms with E-state index >= 15 is 0 Å². The minimum absolute atomic E-state index is 0.176. The van der Waals surface area contributed by atoms with Gasteiger partial charge in [-0.2, -0.15) is 0 Å². The number of unbranched alkanes of at least 4 members (excludes halogenated alkanes) is 2. The van der Waals surface area contributed by atoms with E-state index in [1.165, 1.54) is 19.3 Å². The van der Waals surface area contributed by atoms with Gasteiger partial charge in [0.15, 0.2) is 9.84 Å². The molecule has 4 nitrogen and oxygen atoms in total. The molecule has 0 aliphatic carbocycles. The van der Waals surface area contributed by atoms with E-state index in [9.17, 15) is 8.42 Å². The van der Waals surface area contributed by atoms with Gasteiger partial charge in [0.2, 0.25) is 0 Å². The standard InChI is InChI=1S/C12H26N2O2S/c1-3-4-5-6-11(9-13)14(2)12-7-8-17(15,16)10-12/h11-12H,3-10,13H2,1-2H3. The zero-order valence-electron chi connectivity index (χ0n) is 11.1. The molecule has 1 fully saturated rings. The van der Waals surface area contributed by atoms with E-state index in [2.05, 4.69) is 11.8 Å². The van der Waals surface area contributed by atoms with Gasteiger partial charge in [-0.1, -0.05) is 26.2 Å². The van der Waals surface area contributed by atoms with E-state index in [0.717, 1.165) is 12.8 Å². The van der Waals surface area contributed by atoms with E-state index in [0.29, 0.717) is 24.1 Å². The lowest BCUT2D eigenvalue weighted by molar-refractivity contribution is 0.179. The van der Waals surface area contributed by atoms with Gasteiger partial charge in [0.1, 0.15) is 0 Å². The van der Waals surface area contributed by atoms with Crippen molar-refractivity contribution in [3.63, 3.8) is 0 Å². The molecule has 2 N–H and O–H groups in total. The third kappa shape index (κ3) is 4.56. The molecule has 0 aromatic rings. The lowest BCUT2D eigenvalue weighted by atomic mass is 10.1. The highest BCUT2D eigenvalue weighted by Gasteiger charge is 2.32. The van der Waals surface area contributed by atoms with Crippen molar-refractivity contribution in [2.45, 2.75) is 51.1 Å². The number of hydrogen-bond acceptors (Lipinski definition) is 4. The normalized spacial score (nSPS) is 25.3. The fraction of sp³-hybridized carbons (Fsp3) is 1.00. The first-order chi connectivity index (χ1) is 8.00. The summed E-state index contributed by atoms with van der Waals surface area (Å²) < 4.78 is 22.9. The molecule has 0 aromatic carbocycles. The van der Waals surface area contributed by atoms with Gasteiger partial charge in [-0.3, -0.25) is 4.90 Å². The summed E-state index contributed by atoms with van der Waals surface area (Å²) in [5.41, 5.74) is 5.80. The van der Waals surface area contributed by atoms with Crippen LogP contribution in [0.3, 0.4) is 0 Å². The smallest absolute Gasteiger partial charge is 0.151 e. The second kappa shape index (κ2) is 6.71. The maximum Gasteiger partial charge on any atom is 0.151 e. The number of sulfone groups is 1. The molecule has 0 amide bonds. The maximum absolute atomic E-state index is 11.5. The van der Waals surface area contributed by atoms with Gasteiger partial charge in [-0.15, -0.1) is 0 Å². The first kappa shape index (κ1) is 14.9. The summed E-state index contributed by atoms with van der Waals surface area (Å²) in [6, 6.07) is 0.509. The monoisotopic (exact) mass is 262 g/mol. The number of rotatable bonds is 7. The number of nitrogens with zero attached hydrogens (tertiary/aromatic N) is 1. The van der Waals surface area contributed by atoms with Crippen molar-refractivity contribution < 1.29 is 8.42 Å². The summed E-state index contributed by atoms with van der Waals surface area (Å²) >= 11 is 0. The van der Waals surface area contributed by atoms with Gasteiger partial charge < -0.3 is 5.73 Å². The highest BCUT2D eigenvalue weighted by molar-refractivity contribution is 7.91. The molecule has 0 spiro atoms. The number of likely N-dealkylation sites (N-methyl/N-ethyl adjacent to an activating group) is 1. The van der Waals surface area contributed by atoms with Crippen molar-refractivity contribution in [1.29, 1.82) is 0 Å². The lowest BCUT2D eigenvalue weighted by Gasteiger charge is -2.31. The van der Waals surface area contributed by atoms with Crippen LogP contribution in [0.2, 0.25) is 0 Å². The molecule has 2 atom stereocenters. The van der Waals surface area contributed by atoms with Gasteiger partial charge in [0.05, 0.1) is 11.5 Å². The Balaban J connectivity index is 2.46. The van der Waals surface area contributed by atoms with Crippen LogP contribution in [-0.2, 0) is 9.84 Å². The molecular formula is C12H26N2O2S. The molecule has 102 valence electrons. The number of nitrogens with two attached hydrogens (primary N) is 1. The van der Waals surface area contributed by atoms with Gasteiger partial charge in [0.25, 0.3) is 0 Å². The Kier molecular flexibility index (Phi) is 5.89. The third-order valence-corrected chi connectivity index (χ3v) is 5.52. The summed E-state index contributed by atoms with van der Waals surface area (Å²) in [4.78, 5) is 2.19. The summed E-state index contributed by atoms with van der Waals surface area (Å²) in [7, 11) is -0.767. The number of hydrogen-bond donors (Lipinski definition) is 1. The van der Waals surface area contributed by atoms with Crippen LogP contribution in [0.15, 0.2) is 0 Å². The molecule has 1 aliphatic heterocycles. The third-order valence-electron chi connectivity index (χ3n) is 3.77. The van der Waals surface area contributed by atoms with Crippen molar-refractivity contribution in [3.8, 4) is 0 Å². The Morgan fingerprint density at radius 1 is 1.41 bits per heavy atom. The largest absolute Gasteiger partial charge is 0.329 e. The van der Waals surface area contributed by atoms with Crippen LogP contribution in [0.25, 0.3) is 0 Å². The van der Waals surface area contributed by atoms with Crippen molar-refractivity contribution in [2.75, 3.05) is 25.1 Å². The Bertz CT molecular complexity index is 316.